The van der Waals surface area contributed by atoms with Crippen molar-refractivity contribution in [1.82, 2.24) is 10.2 Å². The topological polar surface area (TPSA) is 48.2 Å². The van der Waals surface area contributed by atoms with Crippen molar-refractivity contribution >= 4 is 23.4 Å². The lowest BCUT2D eigenvalue weighted by Crippen LogP contribution is -2.05. The summed E-state index contributed by atoms with van der Waals surface area (Å²) in [5, 5.41) is 8.62. The second-order valence-electron chi connectivity index (χ2n) is 4.61. The van der Waals surface area contributed by atoms with Crippen molar-refractivity contribution in [1.29, 1.82) is 0 Å². The SMILES string of the molecule is CC(C)OCCSc1nnc(Cc2c(F)cccc2Cl)o1. The smallest absolute Gasteiger partial charge is 0.276 e. The molecule has 0 amide bonds. The van der Waals surface area contributed by atoms with Crippen molar-refractivity contribution in [2.75, 3.05) is 12.4 Å². The van der Waals surface area contributed by atoms with Gasteiger partial charge in [-0.2, -0.15) is 0 Å². The van der Waals surface area contributed by atoms with Gasteiger partial charge in [0.25, 0.3) is 5.22 Å². The zero-order valence-electron chi connectivity index (χ0n) is 11.8. The van der Waals surface area contributed by atoms with E-state index in [0.29, 0.717) is 28.3 Å². The predicted molar refractivity (Wildman–Crippen MR) is 80.3 cm³/mol. The fraction of sp³-hybridized carbons (Fsp3) is 0.429. The van der Waals surface area contributed by atoms with Crippen LogP contribution in [0.1, 0.15) is 25.3 Å². The normalized spacial score (nSPS) is 11.3. The second kappa shape index (κ2) is 7.77. The van der Waals surface area contributed by atoms with Gasteiger partial charge in [0.05, 0.1) is 19.1 Å². The number of hydrogen-bond acceptors (Lipinski definition) is 5. The number of rotatable bonds is 7. The van der Waals surface area contributed by atoms with Gasteiger partial charge in [-0.1, -0.05) is 29.4 Å². The van der Waals surface area contributed by atoms with Gasteiger partial charge >= 0.3 is 0 Å². The fourth-order valence-corrected chi connectivity index (χ4v) is 2.47. The summed E-state index contributed by atoms with van der Waals surface area (Å²) in [5.41, 5.74) is 0.363. The van der Waals surface area contributed by atoms with Gasteiger partial charge in [-0.15, -0.1) is 10.2 Å². The molecule has 1 aromatic heterocycles. The number of aromatic nitrogens is 2. The van der Waals surface area contributed by atoms with E-state index < -0.39 is 0 Å². The maximum absolute atomic E-state index is 13.7. The van der Waals surface area contributed by atoms with Crippen LogP contribution in [0, 0.1) is 5.82 Å². The summed E-state index contributed by atoms with van der Waals surface area (Å²) in [6, 6.07) is 4.55. The number of halogens is 2. The van der Waals surface area contributed by atoms with E-state index in [1.54, 1.807) is 12.1 Å². The molecule has 0 spiro atoms. The number of benzene rings is 1. The van der Waals surface area contributed by atoms with E-state index >= 15 is 0 Å². The van der Waals surface area contributed by atoms with Gasteiger partial charge in [0.1, 0.15) is 5.82 Å². The highest BCUT2D eigenvalue weighted by Gasteiger charge is 2.13. The summed E-state index contributed by atoms with van der Waals surface area (Å²) >= 11 is 7.38. The minimum Gasteiger partial charge on any atom is -0.416 e. The Kier molecular flexibility index (Phi) is 6.02. The van der Waals surface area contributed by atoms with Gasteiger partial charge in [-0.3, -0.25) is 0 Å². The molecule has 1 heterocycles. The number of nitrogens with zero attached hydrogens (tertiary/aromatic N) is 2. The zero-order chi connectivity index (χ0) is 15.2. The Morgan fingerprint density at radius 2 is 2.19 bits per heavy atom. The third-order valence-electron chi connectivity index (χ3n) is 2.60. The quantitative estimate of drug-likeness (QED) is 0.568. The highest BCUT2D eigenvalue weighted by molar-refractivity contribution is 7.99. The Bertz CT molecular complexity index is 572. The van der Waals surface area contributed by atoms with Gasteiger partial charge in [0.2, 0.25) is 5.89 Å². The first-order chi connectivity index (χ1) is 10.1. The minimum atomic E-state index is -0.375. The standard InChI is InChI=1S/C14H16ClFN2O2S/c1-9(2)19-6-7-21-14-18-17-13(20-14)8-10-11(15)4-3-5-12(10)16/h3-5,9H,6-8H2,1-2H3. The van der Waals surface area contributed by atoms with Gasteiger partial charge in [0, 0.05) is 16.3 Å². The molecule has 0 bridgehead atoms. The molecule has 0 atom stereocenters. The summed E-state index contributed by atoms with van der Waals surface area (Å²) in [6.07, 6.45) is 0.383. The summed E-state index contributed by atoms with van der Waals surface area (Å²) in [5.74, 6) is 0.690. The molecule has 7 heteroatoms. The molecule has 0 unspecified atom stereocenters. The van der Waals surface area contributed by atoms with E-state index in [-0.39, 0.29) is 18.3 Å². The van der Waals surface area contributed by atoms with E-state index in [4.69, 9.17) is 20.8 Å². The highest BCUT2D eigenvalue weighted by Crippen LogP contribution is 2.23. The lowest BCUT2D eigenvalue weighted by molar-refractivity contribution is 0.0919. The van der Waals surface area contributed by atoms with Gasteiger partial charge < -0.3 is 9.15 Å². The van der Waals surface area contributed by atoms with Crippen LogP contribution in [0.25, 0.3) is 0 Å². The molecule has 21 heavy (non-hydrogen) atoms. The molecule has 0 fully saturated rings. The van der Waals surface area contributed by atoms with Crippen molar-refractivity contribution in [2.24, 2.45) is 0 Å². The highest BCUT2D eigenvalue weighted by atomic mass is 35.5. The average Bonchev–Trinajstić information content (AvgIpc) is 2.87. The van der Waals surface area contributed by atoms with E-state index in [1.165, 1.54) is 17.8 Å². The van der Waals surface area contributed by atoms with Crippen molar-refractivity contribution in [2.45, 2.75) is 31.6 Å². The Morgan fingerprint density at radius 3 is 2.90 bits per heavy atom. The monoisotopic (exact) mass is 330 g/mol. The molecule has 0 aliphatic heterocycles. The molecule has 0 saturated carbocycles. The molecule has 2 rings (SSSR count). The first kappa shape index (κ1) is 16.3. The van der Waals surface area contributed by atoms with Gasteiger partial charge in [-0.05, 0) is 26.0 Å². The first-order valence-corrected chi connectivity index (χ1v) is 7.92. The van der Waals surface area contributed by atoms with Crippen molar-refractivity contribution in [3.05, 3.63) is 40.5 Å². The Hall–Kier alpha value is -1.11. The minimum absolute atomic E-state index is 0.182. The molecule has 1 aromatic carbocycles. The molecule has 114 valence electrons. The van der Waals surface area contributed by atoms with E-state index in [1.807, 2.05) is 13.8 Å². The summed E-state index contributed by atoms with van der Waals surface area (Å²) < 4.78 is 24.6. The van der Waals surface area contributed by atoms with Crippen LogP contribution in [-0.2, 0) is 11.2 Å². The van der Waals surface area contributed by atoms with E-state index in [9.17, 15) is 4.39 Å². The van der Waals surface area contributed by atoms with Crippen molar-refractivity contribution < 1.29 is 13.5 Å². The van der Waals surface area contributed by atoms with Crippen LogP contribution in [0.4, 0.5) is 4.39 Å². The fourth-order valence-electron chi connectivity index (χ4n) is 1.63. The van der Waals surface area contributed by atoms with Crippen LogP contribution < -0.4 is 0 Å². The van der Waals surface area contributed by atoms with Crippen LogP contribution in [0.15, 0.2) is 27.8 Å². The maximum atomic E-state index is 13.7. The number of ether oxygens (including phenoxy) is 1. The molecule has 0 saturated heterocycles. The average molecular weight is 331 g/mol. The summed E-state index contributed by atoms with van der Waals surface area (Å²) in [6.45, 7) is 4.57. The van der Waals surface area contributed by atoms with Crippen LogP contribution in [-0.4, -0.2) is 28.7 Å². The second-order valence-corrected chi connectivity index (χ2v) is 6.06. The third-order valence-corrected chi connectivity index (χ3v) is 3.73. The van der Waals surface area contributed by atoms with E-state index in [2.05, 4.69) is 10.2 Å². The number of thioether (sulfide) groups is 1. The zero-order valence-corrected chi connectivity index (χ0v) is 13.4. The Balaban J connectivity index is 1.91. The Labute approximate surface area is 132 Å². The Morgan fingerprint density at radius 1 is 1.38 bits per heavy atom. The molecular formula is C14H16ClFN2O2S. The van der Waals surface area contributed by atoms with Gasteiger partial charge in [0.15, 0.2) is 0 Å². The van der Waals surface area contributed by atoms with Gasteiger partial charge in [-0.25, -0.2) is 4.39 Å². The van der Waals surface area contributed by atoms with Crippen molar-refractivity contribution in [3.63, 3.8) is 0 Å². The maximum Gasteiger partial charge on any atom is 0.276 e. The van der Waals surface area contributed by atoms with Crippen molar-refractivity contribution in [3.8, 4) is 0 Å². The molecule has 0 aliphatic rings. The molecule has 0 radical (unpaired) electrons. The lowest BCUT2D eigenvalue weighted by atomic mass is 10.1. The lowest BCUT2D eigenvalue weighted by Gasteiger charge is -2.05. The largest absolute Gasteiger partial charge is 0.416 e. The molecule has 2 aromatic rings. The van der Waals surface area contributed by atoms with E-state index in [0.717, 1.165) is 5.75 Å². The molecule has 0 N–H and O–H groups in total. The molecular weight excluding hydrogens is 315 g/mol. The molecule has 0 aliphatic carbocycles. The number of hydrogen-bond donors (Lipinski definition) is 0. The first-order valence-electron chi connectivity index (χ1n) is 6.56. The van der Waals surface area contributed by atoms with Crippen LogP contribution in [0.2, 0.25) is 5.02 Å². The molecule has 4 nitrogen and oxygen atoms in total. The summed E-state index contributed by atoms with van der Waals surface area (Å²) in [7, 11) is 0. The van der Waals surface area contributed by atoms with Crippen LogP contribution in [0.5, 0.6) is 0 Å². The summed E-state index contributed by atoms with van der Waals surface area (Å²) in [4.78, 5) is 0. The third kappa shape index (κ3) is 4.98. The van der Waals surface area contributed by atoms with Crippen LogP contribution in [0.3, 0.4) is 0 Å². The predicted octanol–water partition coefficient (Wildman–Crippen LogP) is 3.97. The van der Waals surface area contributed by atoms with Crippen LogP contribution >= 0.6 is 23.4 Å².